The van der Waals surface area contributed by atoms with Crippen LogP contribution in [0.1, 0.15) is 46.1 Å². The van der Waals surface area contributed by atoms with Crippen molar-refractivity contribution in [1.29, 1.82) is 0 Å². The average Bonchev–Trinajstić information content (AvgIpc) is 3.25. The first-order chi connectivity index (χ1) is 14.8. The van der Waals surface area contributed by atoms with Crippen molar-refractivity contribution in [3.63, 3.8) is 0 Å². The molecule has 0 unspecified atom stereocenters. The molecule has 5 atom stereocenters. The van der Waals surface area contributed by atoms with Gasteiger partial charge in [0, 0.05) is 11.6 Å². The number of imide groups is 1. The molecule has 31 heavy (non-hydrogen) atoms. The Hall–Kier alpha value is -2.62. The highest BCUT2D eigenvalue weighted by molar-refractivity contribution is 6.07. The van der Waals surface area contributed by atoms with Crippen LogP contribution in [0.3, 0.4) is 0 Å². The van der Waals surface area contributed by atoms with Gasteiger partial charge in [-0.25, -0.2) is 4.79 Å². The second-order valence-corrected chi connectivity index (χ2v) is 10.5. The molecule has 1 heterocycles. The predicted octanol–water partition coefficient (Wildman–Crippen LogP) is 5.53. The number of hydrogen-bond acceptors (Lipinski definition) is 2. The van der Waals surface area contributed by atoms with Gasteiger partial charge < -0.3 is 0 Å². The normalized spacial score (nSPS) is 31.7. The molecule has 2 aromatic carbocycles. The van der Waals surface area contributed by atoms with Crippen LogP contribution in [0.5, 0.6) is 0 Å². The van der Waals surface area contributed by atoms with Crippen LogP contribution in [0, 0.1) is 22.7 Å². The minimum atomic E-state index is -0.242. The van der Waals surface area contributed by atoms with Gasteiger partial charge in [0.2, 0.25) is 5.91 Å². The number of amides is 3. The zero-order chi connectivity index (χ0) is 22.0. The summed E-state index contributed by atoms with van der Waals surface area (Å²) in [5.74, 6) is 0.120. The van der Waals surface area contributed by atoms with E-state index in [0.29, 0.717) is 12.3 Å². The molecule has 2 bridgehead atoms. The molecular formula is C27H32N2O2. The van der Waals surface area contributed by atoms with E-state index >= 15 is 0 Å². The molecule has 3 fully saturated rings. The highest BCUT2D eigenvalue weighted by atomic mass is 16.2. The summed E-state index contributed by atoms with van der Waals surface area (Å²) in [6, 6.07) is 19.8. The first-order valence-electron chi connectivity index (χ1n) is 11.5. The van der Waals surface area contributed by atoms with Crippen LogP contribution >= 0.6 is 0 Å². The Kier molecular flexibility index (Phi) is 4.55. The number of fused-ring (bicyclic) bond motifs is 5. The number of carbonyl (C=O) groups excluding carboxylic acids is 2. The van der Waals surface area contributed by atoms with Crippen molar-refractivity contribution < 1.29 is 9.59 Å². The van der Waals surface area contributed by atoms with E-state index in [9.17, 15) is 9.59 Å². The van der Waals surface area contributed by atoms with E-state index in [1.54, 1.807) is 4.90 Å². The molecule has 1 saturated heterocycles. The third-order valence-corrected chi connectivity index (χ3v) is 8.83. The largest absolute Gasteiger partial charge is 0.331 e. The van der Waals surface area contributed by atoms with Gasteiger partial charge in [0.1, 0.15) is 0 Å². The first kappa shape index (κ1) is 20.3. The number of benzene rings is 2. The Labute approximate surface area is 185 Å². The van der Waals surface area contributed by atoms with Gasteiger partial charge in [0.05, 0.1) is 12.1 Å². The molecule has 162 valence electrons. The minimum absolute atomic E-state index is 0.0353. The molecule has 0 radical (unpaired) electrons. The molecule has 3 amide bonds. The van der Waals surface area contributed by atoms with E-state index < -0.39 is 0 Å². The fraction of sp³-hybridized carbons (Fsp3) is 0.481. The standard InChI is InChI=1S/C27H32N2O2/c1-18(17-19-11-7-5-8-12-19)24(30)29-23-22(21-15-16-27(23,4)26(21,2)3)28(25(29)31)20-13-9-6-10-14-20/h5-14,18,21-23H,15-17H2,1-4H3/t18-,21+,22+,23+,27-/m0/s1. The van der Waals surface area contributed by atoms with Crippen molar-refractivity contribution in [1.82, 2.24) is 4.90 Å². The van der Waals surface area contributed by atoms with Gasteiger partial charge in [-0.15, -0.1) is 0 Å². The fourth-order valence-corrected chi connectivity index (χ4v) is 6.80. The molecule has 2 aromatic rings. The van der Waals surface area contributed by atoms with Crippen LogP contribution in [0.4, 0.5) is 10.5 Å². The highest BCUT2D eigenvalue weighted by Crippen LogP contribution is 2.69. The number of carbonyl (C=O) groups is 2. The van der Waals surface area contributed by atoms with E-state index in [4.69, 9.17) is 0 Å². The molecule has 5 rings (SSSR count). The summed E-state index contributed by atoms with van der Waals surface area (Å²) < 4.78 is 0. The highest BCUT2D eigenvalue weighted by Gasteiger charge is 2.73. The molecule has 2 saturated carbocycles. The van der Waals surface area contributed by atoms with Gasteiger partial charge >= 0.3 is 6.03 Å². The third kappa shape index (κ3) is 2.73. The second-order valence-electron chi connectivity index (χ2n) is 10.5. The lowest BCUT2D eigenvalue weighted by atomic mass is 9.68. The van der Waals surface area contributed by atoms with Gasteiger partial charge in [-0.3, -0.25) is 14.6 Å². The summed E-state index contributed by atoms with van der Waals surface area (Å²) >= 11 is 0. The number of urea groups is 1. The molecule has 2 aliphatic carbocycles. The van der Waals surface area contributed by atoms with Crippen molar-refractivity contribution in [3.8, 4) is 0 Å². The monoisotopic (exact) mass is 416 g/mol. The fourth-order valence-electron chi connectivity index (χ4n) is 6.80. The lowest BCUT2D eigenvalue weighted by molar-refractivity contribution is -0.135. The molecule has 0 N–H and O–H groups in total. The number of para-hydroxylation sites is 1. The number of rotatable bonds is 4. The molecule has 0 aromatic heterocycles. The van der Waals surface area contributed by atoms with Crippen molar-refractivity contribution >= 4 is 17.6 Å². The number of nitrogens with zero attached hydrogens (tertiary/aromatic N) is 2. The van der Waals surface area contributed by atoms with Gasteiger partial charge in [0.25, 0.3) is 0 Å². The smallest absolute Gasteiger partial charge is 0.288 e. The van der Waals surface area contributed by atoms with Crippen molar-refractivity contribution in [2.75, 3.05) is 4.90 Å². The molecule has 3 aliphatic rings. The maximum absolute atomic E-state index is 13.8. The number of hydrogen-bond donors (Lipinski definition) is 0. The van der Waals surface area contributed by atoms with E-state index in [2.05, 4.69) is 32.9 Å². The quantitative estimate of drug-likeness (QED) is 0.658. The van der Waals surface area contributed by atoms with Gasteiger partial charge in [0.15, 0.2) is 0 Å². The molecule has 1 aliphatic heterocycles. The maximum atomic E-state index is 13.8. The Morgan fingerprint density at radius 1 is 1.03 bits per heavy atom. The SMILES string of the molecule is C[C@@H](Cc1ccccc1)C(=O)N1C(=O)N(c2ccccc2)[C@@H]2[C@H]3CC[C@@](C)([C@@H]21)C3(C)C. The number of anilines is 1. The lowest BCUT2D eigenvalue weighted by Gasteiger charge is -2.41. The van der Waals surface area contributed by atoms with Crippen LogP contribution in [-0.4, -0.2) is 28.9 Å². The van der Waals surface area contributed by atoms with E-state index in [0.717, 1.165) is 24.1 Å². The van der Waals surface area contributed by atoms with Crippen molar-refractivity contribution in [2.45, 2.75) is 59.0 Å². The van der Waals surface area contributed by atoms with Gasteiger partial charge in [-0.1, -0.05) is 76.2 Å². The molecule has 4 heteroatoms. The van der Waals surface area contributed by atoms with Crippen LogP contribution in [0.25, 0.3) is 0 Å². The van der Waals surface area contributed by atoms with Crippen molar-refractivity contribution in [3.05, 3.63) is 66.2 Å². The summed E-state index contributed by atoms with van der Waals surface area (Å²) in [5, 5.41) is 0. The Balaban J connectivity index is 1.54. The van der Waals surface area contributed by atoms with Crippen LogP contribution in [-0.2, 0) is 11.2 Å². The summed E-state index contributed by atoms with van der Waals surface area (Å²) in [6.45, 7) is 8.95. The molecular weight excluding hydrogens is 384 g/mol. The van der Waals surface area contributed by atoms with E-state index in [1.807, 2.05) is 60.4 Å². The summed E-state index contributed by atoms with van der Waals surface area (Å²) in [6.07, 6.45) is 2.83. The van der Waals surface area contributed by atoms with Crippen molar-refractivity contribution in [2.24, 2.45) is 22.7 Å². The lowest BCUT2D eigenvalue weighted by Crippen LogP contribution is -2.51. The van der Waals surface area contributed by atoms with Crippen LogP contribution in [0.15, 0.2) is 60.7 Å². The zero-order valence-corrected chi connectivity index (χ0v) is 18.9. The Bertz CT molecular complexity index is 1000. The third-order valence-electron chi connectivity index (χ3n) is 8.83. The summed E-state index contributed by atoms with van der Waals surface area (Å²) in [5.41, 5.74) is 2.05. The van der Waals surface area contributed by atoms with E-state index in [1.165, 1.54) is 0 Å². The van der Waals surface area contributed by atoms with Crippen LogP contribution in [0.2, 0.25) is 0 Å². The molecule has 0 spiro atoms. The topological polar surface area (TPSA) is 40.6 Å². The minimum Gasteiger partial charge on any atom is -0.288 e. The first-order valence-corrected chi connectivity index (χ1v) is 11.5. The van der Waals surface area contributed by atoms with Crippen LogP contribution < -0.4 is 4.90 Å². The maximum Gasteiger partial charge on any atom is 0.331 e. The Morgan fingerprint density at radius 3 is 2.29 bits per heavy atom. The second kappa shape index (κ2) is 6.94. The summed E-state index contributed by atoms with van der Waals surface area (Å²) in [4.78, 5) is 31.2. The van der Waals surface area contributed by atoms with Gasteiger partial charge in [-0.05, 0) is 53.7 Å². The Morgan fingerprint density at radius 2 is 1.65 bits per heavy atom. The van der Waals surface area contributed by atoms with Gasteiger partial charge in [-0.2, -0.15) is 0 Å². The predicted molar refractivity (Wildman–Crippen MR) is 123 cm³/mol. The average molecular weight is 417 g/mol. The molecule has 4 nitrogen and oxygen atoms in total. The van der Waals surface area contributed by atoms with E-state index in [-0.39, 0.29) is 40.8 Å². The summed E-state index contributed by atoms with van der Waals surface area (Å²) in [7, 11) is 0. The zero-order valence-electron chi connectivity index (χ0n) is 18.9.